The second kappa shape index (κ2) is 13.9. The molecule has 1 aromatic heterocycles. The van der Waals surface area contributed by atoms with Gasteiger partial charge in [0.05, 0.1) is 19.2 Å². The van der Waals surface area contributed by atoms with Crippen LogP contribution in [0.4, 0.5) is 14.9 Å². The Balaban J connectivity index is 1.55. The number of aromatic nitrogens is 1. The van der Waals surface area contributed by atoms with E-state index >= 15 is 0 Å². The molecular formula is C38H43FN4O4. The summed E-state index contributed by atoms with van der Waals surface area (Å²) in [5.74, 6) is 0.351. The molecule has 0 saturated carbocycles. The summed E-state index contributed by atoms with van der Waals surface area (Å²) in [6.07, 6.45) is 3.92. The van der Waals surface area contributed by atoms with Crippen molar-refractivity contribution in [2.45, 2.75) is 45.9 Å². The highest BCUT2D eigenvalue weighted by molar-refractivity contribution is 5.89. The lowest BCUT2D eigenvalue weighted by Crippen LogP contribution is -2.38. The number of amides is 1. The molecule has 1 aliphatic rings. The van der Waals surface area contributed by atoms with Gasteiger partial charge < -0.3 is 29.7 Å². The molecule has 246 valence electrons. The maximum atomic E-state index is 14.5. The minimum absolute atomic E-state index is 0.295. The Kier molecular flexibility index (Phi) is 9.98. The highest BCUT2D eigenvalue weighted by Crippen LogP contribution is 2.47. The molecule has 47 heavy (non-hydrogen) atoms. The SMILES string of the molecule is COc1cc(OC(=O)N(CCN(C)C)Cc2cccnc2)ccc1-c1ccc2c(c1C(O)c1cc(F)ccc1C)C(C)=CC(C)(C)N2. The molecule has 1 amide bonds. The van der Waals surface area contributed by atoms with E-state index in [0.717, 1.165) is 28.0 Å². The Morgan fingerprint density at radius 2 is 1.81 bits per heavy atom. The number of halogens is 1. The van der Waals surface area contributed by atoms with Crippen LogP contribution in [-0.2, 0) is 6.54 Å². The summed E-state index contributed by atoms with van der Waals surface area (Å²) < 4.78 is 26.2. The van der Waals surface area contributed by atoms with Crippen molar-refractivity contribution >= 4 is 17.4 Å². The van der Waals surface area contributed by atoms with Crippen LogP contribution in [0.5, 0.6) is 11.5 Å². The zero-order valence-electron chi connectivity index (χ0n) is 28.1. The summed E-state index contributed by atoms with van der Waals surface area (Å²) in [5.41, 5.74) is 6.60. The second-order valence-electron chi connectivity index (χ2n) is 12.8. The van der Waals surface area contributed by atoms with E-state index in [2.05, 4.69) is 30.2 Å². The molecule has 0 bridgehead atoms. The molecule has 5 rings (SSSR count). The van der Waals surface area contributed by atoms with Crippen LogP contribution in [0, 0.1) is 12.7 Å². The first kappa shape index (κ1) is 33.6. The molecule has 1 aliphatic heterocycles. The standard InChI is InChI=1S/C38H43FN4O4/c1-24-10-11-27(39)19-31(24)36(44)35-30(14-15-32-34(35)25(2)21-38(3,4)41-32)29-13-12-28(20-33(29)46-7)47-37(45)43(18-17-42(5)6)23-26-9-8-16-40-22-26/h8-16,19-22,36,41,44H,17-18,23H2,1-7H3. The van der Waals surface area contributed by atoms with Gasteiger partial charge in [-0.1, -0.05) is 24.3 Å². The molecule has 1 unspecified atom stereocenters. The van der Waals surface area contributed by atoms with Gasteiger partial charge in [-0.25, -0.2) is 9.18 Å². The molecule has 4 aromatic rings. The Labute approximate surface area is 276 Å². The molecule has 2 heterocycles. The first-order valence-electron chi connectivity index (χ1n) is 15.6. The van der Waals surface area contributed by atoms with E-state index < -0.39 is 18.0 Å². The van der Waals surface area contributed by atoms with Gasteiger partial charge in [-0.2, -0.15) is 0 Å². The molecule has 1 atom stereocenters. The fourth-order valence-corrected chi connectivity index (χ4v) is 6.12. The molecule has 9 heteroatoms. The molecule has 0 saturated heterocycles. The van der Waals surface area contributed by atoms with E-state index in [-0.39, 0.29) is 5.54 Å². The van der Waals surface area contributed by atoms with Gasteiger partial charge >= 0.3 is 6.09 Å². The van der Waals surface area contributed by atoms with E-state index in [1.54, 1.807) is 42.6 Å². The van der Waals surface area contributed by atoms with Crippen molar-refractivity contribution in [2.75, 3.05) is 39.6 Å². The lowest BCUT2D eigenvalue weighted by atomic mass is 9.81. The second-order valence-corrected chi connectivity index (χ2v) is 12.8. The van der Waals surface area contributed by atoms with Crippen molar-refractivity contribution in [3.63, 3.8) is 0 Å². The topological polar surface area (TPSA) is 87.2 Å². The number of aryl methyl sites for hydroxylation is 1. The highest BCUT2D eigenvalue weighted by atomic mass is 19.1. The number of likely N-dealkylation sites (N-methyl/N-ethyl adjacent to an activating group) is 1. The van der Waals surface area contributed by atoms with Crippen LogP contribution in [0.3, 0.4) is 0 Å². The third-order valence-corrected chi connectivity index (χ3v) is 8.32. The number of methoxy groups -OCH3 is 1. The van der Waals surface area contributed by atoms with Gasteiger partial charge in [-0.15, -0.1) is 0 Å². The largest absolute Gasteiger partial charge is 0.496 e. The Bertz CT molecular complexity index is 1790. The summed E-state index contributed by atoms with van der Waals surface area (Å²) in [4.78, 5) is 21.3. The van der Waals surface area contributed by atoms with Crippen molar-refractivity contribution in [1.29, 1.82) is 0 Å². The van der Waals surface area contributed by atoms with Gasteiger partial charge in [0, 0.05) is 53.9 Å². The minimum Gasteiger partial charge on any atom is -0.496 e. The van der Waals surface area contributed by atoms with Crippen molar-refractivity contribution < 1.29 is 23.8 Å². The predicted molar refractivity (Wildman–Crippen MR) is 184 cm³/mol. The number of aliphatic hydroxyl groups excluding tert-OH is 1. The maximum absolute atomic E-state index is 14.5. The summed E-state index contributed by atoms with van der Waals surface area (Å²) in [7, 11) is 5.45. The molecule has 2 N–H and O–H groups in total. The number of nitrogens with one attached hydrogen (secondary N) is 1. The van der Waals surface area contributed by atoms with Crippen LogP contribution in [0.25, 0.3) is 16.7 Å². The first-order chi connectivity index (χ1) is 22.4. The van der Waals surface area contributed by atoms with E-state index in [1.807, 2.05) is 63.2 Å². The maximum Gasteiger partial charge on any atom is 0.415 e. The summed E-state index contributed by atoms with van der Waals surface area (Å²) in [6, 6.07) is 17.4. The van der Waals surface area contributed by atoms with Crippen LogP contribution in [0.2, 0.25) is 0 Å². The number of ether oxygens (including phenoxy) is 2. The van der Waals surface area contributed by atoms with Crippen molar-refractivity contribution in [3.8, 4) is 22.6 Å². The van der Waals surface area contributed by atoms with Gasteiger partial charge in [0.25, 0.3) is 0 Å². The molecule has 0 radical (unpaired) electrons. The van der Waals surface area contributed by atoms with Crippen molar-refractivity contribution in [2.24, 2.45) is 0 Å². The first-order valence-corrected chi connectivity index (χ1v) is 15.6. The fourth-order valence-electron chi connectivity index (χ4n) is 6.12. The third kappa shape index (κ3) is 7.64. The monoisotopic (exact) mass is 638 g/mol. The molecule has 0 fully saturated rings. The zero-order valence-corrected chi connectivity index (χ0v) is 28.1. The molecule has 3 aromatic carbocycles. The van der Waals surface area contributed by atoms with E-state index in [4.69, 9.17) is 9.47 Å². The van der Waals surface area contributed by atoms with Crippen LogP contribution in [0.1, 0.15) is 54.7 Å². The van der Waals surface area contributed by atoms with E-state index in [0.29, 0.717) is 53.4 Å². The zero-order chi connectivity index (χ0) is 33.9. The number of rotatable bonds is 10. The summed E-state index contributed by atoms with van der Waals surface area (Å²) in [5, 5.41) is 15.6. The Morgan fingerprint density at radius 3 is 2.51 bits per heavy atom. The number of allylic oxidation sites excluding steroid dienone is 1. The lowest BCUT2D eigenvalue weighted by molar-refractivity contribution is 0.144. The van der Waals surface area contributed by atoms with Gasteiger partial charge in [0.1, 0.15) is 23.4 Å². The minimum atomic E-state index is -1.14. The number of hydrogen-bond donors (Lipinski definition) is 2. The van der Waals surface area contributed by atoms with Gasteiger partial charge in [-0.3, -0.25) is 4.98 Å². The number of benzene rings is 3. The van der Waals surface area contributed by atoms with Gasteiger partial charge in [0.2, 0.25) is 0 Å². The van der Waals surface area contributed by atoms with Crippen LogP contribution >= 0.6 is 0 Å². The van der Waals surface area contributed by atoms with Crippen molar-refractivity contribution in [1.82, 2.24) is 14.8 Å². The van der Waals surface area contributed by atoms with Crippen LogP contribution < -0.4 is 14.8 Å². The average molecular weight is 639 g/mol. The molecule has 0 spiro atoms. The normalized spacial score (nSPS) is 14.1. The Hall–Kier alpha value is -4.73. The number of fused-ring (bicyclic) bond motifs is 1. The number of hydrogen-bond acceptors (Lipinski definition) is 7. The van der Waals surface area contributed by atoms with E-state index in [1.165, 1.54) is 12.1 Å². The average Bonchev–Trinajstić information content (AvgIpc) is 3.03. The van der Waals surface area contributed by atoms with Gasteiger partial charge in [0.15, 0.2) is 0 Å². The third-order valence-electron chi connectivity index (χ3n) is 8.32. The molecule has 8 nitrogen and oxygen atoms in total. The predicted octanol–water partition coefficient (Wildman–Crippen LogP) is 7.46. The lowest BCUT2D eigenvalue weighted by Gasteiger charge is -2.34. The van der Waals surface area contributed by atoms with Crippen molar-refractivity contribution in [3.05, 3.63) is 113 Å². The highest BCUT2D eigenvalue weighted by Gasteiger charge is 2.31. The summed E-state index contributed by atoms with van der Waals surface area (Å²) >= 11 is 0. The fraction of sp³-hybridized carbons (Fsp3) is 0.316. The summed E-state index contributed by atoms with van der Waals surface area (Å²) in [6.45, 7) is 9.52. The number of carbonyl (C=O) groups is 1. The number of aliphatic hydroxyl groups is 1. The van der Waals surface area contributed by atoms with Gasteiger partial charge in [-0.05, 0) is 106 Å². The number of pyridine rings is 1. The number of carbonyl (C=O) groups excluding carboxylic acids is 1. The van der Waals surface area contributed by atoms with E-state index in [9.17, 15) is 14.3 Å². The van der Waals surface area contributed by atoms with Crippen LogP contribution in [-0.4, -0.2) is 65.8 Å². The molecular weight excluding hydrogens is 595 g/mol. The number of nitrogens with zero attached hydrogens (tertiary/aromatic N) is 3. The Morgan fingerprint density at radius 1 is 1.04 bits per heavy atom. The van der Waals surface area contributed by atoms with Crippen LogP contribution in [0.15, 0.2) is 79.1 Å². The molecule has 0 aliphatic carbocycles. The smallest absolute Gasteiger partial charge is 0.415 e. The quantitative estimate of drug-likeness (QED) is 0.187. The number of anilines is 1.